The fraction of sp³-hybridized carbons (Fsp3) is 0.321. The smallest absolute Gasteiger partial charge is 0.417 e. The molecule has 0 aliphatic heterocycles. The standard InChI is InChI=1S/C28H28F3N7O2S/c1-27(2,3)40-26(39)38(13-12-34-36-32)19-8-10-22-23(15-19)41-25(35-22)20-9-6-17(14-21(20)28(29,30)31)18-7-11-24(33-16-18)37(4)5/h6-11,14-16H,12-13H2,1-5H3. The number of benzene rings is 2. The minimum absolute atomic E-state index is 0.0103. The number of hydrogen-bond donors (Lipinski definition) is 0. The second-order valence-electron chi connectivity index (χ2n) is 10.3. The number of ether oxygens (including phenoxy) is 1. The fourth-order valence-electron chi connectivity index (χ4n) is 3.99. The molecule has 13 heteroatoms. The molecule has 0 aliphatic rings. The number of thiazole rings is 1. The Balaban J connectivity index is 1.73. The van der Waals surface area contributed by atoms with Crippen molar-refractivity contribution in [3.63, 3.8) is 0 Å². The maximum Gasteiger partial charge on any atom is 0.417 e. The number of pyridine rings is 1. The molecule has 4 rings (SSSR count). The summed E-state index contributed by atoms with van der Waals surface area (Å²) in [5.74, 6) is 0.693. The van der Waals surface area contributed by atoms with Gasteiger partial charge < -0.3 is 9.64 Å². The summed E-state index contributed by atoms with van der Waals surface area (Å²) in [5.41, 5.74) is 8.90. The number of aromatic nitrogens is 2. The zero-order valence-electron chi connectivity index (χ0n) is 23.1. The first-order valence-electron chi connectivity index (χ1n) is 12.5. The van der Waals surface area contributed by atoms with Crippen LogP contribution in [0.15, 0.2) is 59.8 Å². The fourth-order valence-corrected chi connectivity index (χ4v) is 5.03. The van der Waals surface area contributed by atoms with E-state index in [1.54, 1.807) is 68.3 Å². The number of carbonyl (C=O) groups is 1. The molecule has 0 unspecified atom stereocenters. The summed E-state index contributed by atoms with van der Waals surface area (Å²) in [6, 6.07) is 12.6. The van der Waals surface area contributed by atoms with Gasteiger partial charge in [0.05, 0.1) is 15.8 Å². The largest absolute Gasteiger partial charge is 0.443 e. The third-order valence-electron chi connectivity index (χ3n) is 5.88. The van der Waals surface area contributed by atoms with Crippen LogP contribution in [0.3, 0.4) is 0 Å². The van der Waals surface area contributed by atoms with Crippen LogP contribution in [0.1, 0.15) is 26.3 Å². The highest BCUT2D eigenvalue weighted by Crippen LogP contribution is 2.42. The van der Waals surface area contributed by atoms with Crippen molar-refractivity contribution >= 4 is 39.2 Å². The van der Waals surface area contributed by atoms with E-state index in [1.807, 2.05) is 14.1 Å². The van der Waals surface area contributed by atoms with Gasteiger partial charge in [-0.15, -0.1) is 11.3 Å². The minimum Gasteiger partial charge on any atom is -0.443 e. The van der Waals surface area contributed by atoms with Crippen molar-refractivity contribution in [1.29, 1.82) is 0 Å². The predicted octanol–water partition coefficient (Wildman–Crippen LogP) is 8.16. The molecule has 0 fully saturated rings. The average molecular weight is 584 g/mol. The van der Waals surface area contributed by atoms with E-state index in [0.29, 0.717) is 32.8 Å². The molecule has 0 atom stereocenters. The number of rotatable bonds is 7. The molecule has 0 N–H and O–H groups in total. The van der Waals surface area contributed by atoms with Crippen LogP contribution >= 0.6 is 11.3 Å². The maximum absolute atomic E-state index is 14.3. The Morgan fingerprint density at radius 3 is 2.41 bits per heavy atom. The predicted molar refractivity (Wildman–Crippen MR) is 155 cm³/mol. The van der Waals surface area contributed by atoms with Crippen LogP contribution in [0.4, 0.5) is 29.5 Å². The topological polar surface area (TPSA) is 107 Å². The zero-order chi connectivity index (χ0) is 29.9. The highest BCUT2D eigenvalue weighted by atomic mass is 32.1. The average Bonchev–Trinajstić information content (AvgIpc) is 3.32. The van der Waals surface area contributed by atoms with Gasteiger partial charge in [0.25, 0.3) is 0 Å². The van der Waals surface area contributed by atoms with Crippen LogP contribution in [0.25, 0.3) is 42.4 Å². The molecule has 4 aromatic rings. The van der Waals surface area contributed by atoms with Gasteiger partial charge in [0.1, 0.15) is 16.4 Å². The molecule has 2 aromatic carbocycles. The molecule has 0 radical (unpaired) electrons. The van der Waals surface area contributed by atoms with E-state index >= 15 is 0 Å². The van der Waals surface area contributed by atoms with Crippen LogP contribution in [0.5, 0.6) is 0 Å². The van der Waals surface area contributed by atoms with Gasteiger partial charge >= 0.3 is 12.3 Å². The minimum atomic E-state index is -4.62. The molecule has 41 heavy (non-hydrogen) atoms. The number of azide groups is 1. The van der Waals surface area contributed by atoms with Gasteiger partial charge in [-0.25, -0.2) is 14.8 Å². The number of fused-ring (bicyclic) bond motifs is 1. The third-order valence-corrected chi connectivity index (χ3v) is 6.93. The lowest BCUT2D eigenvalue weighted by atomic mass is 10.00. The highest BCUT2D eigenvalue weighted by Gasteiger charge is 2.35. The number of nitrogens with zero attached hydrogens (tertiary/aromatic N) is 7. The summed E-state index contributed by atoms with van der Waals surface area (Å²) >= 11 is 1.08. The van der Waals surface area contributed by atoms with Crippen molar-refractivity contribution in [3.8, 4) is 21.7 Å². The van der Waals surface area contributed by atoms with Crippen molar-refractivity contribution in [2.75, 3.05) is 37.0 Å². The third kappa shape index (κ3) is 7.05. The van der Waals surface area contributed by atoms with Gasteiger partial charge in [0.2, 0.25) is 0 Å². The lowest BCUT2D eigenvalue weighted by Crippen LogP contribution is -2.38. The van der Waals surface area contributed by atoms with E-state index in [-0.39, 0.29) is 23.7 Å². The van der Waals surface area contributed by atoms with E-state index in [2.05, 4.69) is 20.0 Å². The van der Waals surface area contributed by atoms with Crippen LogP contribution in [0.2, 0.25) is 0 Å². The Labute approximate surface area is 238 Å². The van der Waals surface area contributed by atoms with Crippen molar-refractivity contribution < 1.29 is 22.7 Å². The molecular weight excluding hydrogens is 555 g/mol. The Morgan fingerprint density at radius 2 is 1.80 bits per heavy atom. The van der Waals surface area contributed by atoms with Gasteiger partial charge in [-0.1, -0.05) is 17.2 Å². The lowest BCUT2D eigenvalue weighted by Gasteiger charge is -2.27. The Hall–Kier alpha value is -4.35. The lowest BCUT2D eigenvalue weighted by molar-refractivity contribution is -0.137. The monoisotopic (exact) mass is 583 g/mol. The number of carbonyl (C=O) groups excluding carboxylic acids is 1. The molecule has 0 saturated heterocycles. The number of amides is 1. The molecule has 0 saturated carbocycles. The van der Waals surface area contributed by atoms with Gasteiger partial charge in [-0.2, -0.15) is 13.2 Å². The highest BCUT2D eigenvalue weighted by molar-refractivity contribution is 7.21. The number of alkyl halides is 3. The second kappa shape index (κ2) is 11.6. The first kappa shape index (κ1) is 29.6. The van der Waals surface area contributed by atoms with Crippen LogP contribution in [-0.4, -0.2) is 48.8 Å². The molecule has 2 aromatic heterocycles. The van der Waals surface area contributed by atoms with E-state index < -0.39 is 23.4 Å². The Bertz CT molecular complexity index is 1610. The zero-order valence-corrected chi connectivity index (χ0v) is 23.9. The van der Waals surface area contributed by atoms with Crippen molar-refractivity contribution in [1.82, 2.24) is 9.97 Å². The Morgan fingerprint density at radius 1 is 1.07 bits per heavy atom. The van der Waals surface area contributed by atoms with Crippen molar-refractivity contribution in [2.24, 2.45) is 5.11 Å². The Kier molecular flexibility index (Phi) is 8.41. The van der Waals surface area contributed by atoms with Crippen LogP contribution < -0.4 is 9.80 Å². The molecule has 2 heterocycles. The summed E-state index contributed by atoms with van der Waals surface area (Å²) in [4.78, 5) is 27.5. The van der Waals surface area contributed by atoms with Gasteiger partial charge in [-0.3, -0.25) is 4.90 Å². The normalized spacial score (nSPS) is 11.7. The summed E-state index contributed by atoms with van der Waals surface area (Å²) in [7, 11) is 3.66. The van der Waals surface area contributed by atoms with Gasteiger partial charge in [0.15, 0.2) is 0 Å². The maximum atomic E-state index is 14.3. The van der Waals surface area contributed by atoms with Gasteiger partial charge in [-0.05, 0) is 68.3 Å². The van der Waals surface area contributed by atoms with Crippen LogP contribution in [0, 0.1) is 0 Å². The summed E-state index contributed by atoms with van der Waals surface area (Å²) in [6.45, 7) is 5.26. The molecule has 0 aliphatic carbocycles. The molecular formula is C28H28F3N7O2S. The second-order valence-corrected chi connectivity index (χ2v) is 11.3. The SMILES string of the molecule is CN(C)c1ccc(-c2ccc(-c3nc4ccc(N(CCN=[N+]=[N-])C(=O)OC(C)(C)C)cc4s3)c(C(F)(F)F)c2)cn1. The molecule has 214 valence electrons. The quantitative estimate of drug-likeness (QED) is 0.124. The first-order valence-corrected chi connectivity index (χ1v) is 13.4. The number of anilines is 2. The summed E-state index contributed by atoms with van der Waals surface area (Å²) < 4.78 is 48.9. The van der Waals surface area contributed by atoms with E-state index in [0.717, 1.165) is 17.4 Å². The summed E-state index contributed by atoms with van der Waals surface area (Å²) in [5, 5.41) is 3.69. The first-order chi connectivity index (χ1) is 19.3. The number of halogens is 3. The molecule has 0 spiro atoms. The van der Waals surface area contributed by atoms with Crippen molar-refractivity contribution in [3.05, 3.63) is 70.7 Å². The number of hydrogen-bond acceptors (Lipinski definition) is 7. The van der Waals surface area contributed by atoms with E-state index in [4.69, 9.17) is 10.3 Å². The van der Waals surface area contributed by atoms with E-state index in [9.17, 15) is 18.0 Å². The summed E-state index contributed by atoms with van der Waals surface area (Å²) in [6.07, 6.45) is -3.72. The molecule has 0 bridgehead atoms. The van der Waals surface area contributed by atoms with Gasteiger partial charge in [0, 0.05) is 55.1 Å². The van der Waals surface area contributed by atoms with Crippen LogP contribution in [-0.2, 0) is 10.9 Å². The van der Waals surface area contributed by atoms with E-state index in [1.165, 1.54) is 11.0 Å². The van der Waals surface area contributed by atoms with Crippen molar-refractivity contribution in [2.45, 2.75) is 32.5 Å². The molecule has 9 nitrogen and oxygen atoms in total. The molecule has 1 amide bonds.